The van der Waals surface area contributed by atoms with Crippen molar-refractivity contribution in [2.45, 2.75) is 6.42 Å². The molecule has 18 heavy (non-hydrogen) atoms. The van der Waals surface area contributed by atoms with Crippen LogP contribution in [-0.4, -0.2) is 21.5 Å². The zero-order valence-corrected chi connectivity index (χ0v) is 9.93. The smallest absolute Gasteiger partial charge is 0.129 e. The van der Waals surface area contributed by atoms with Gasteiger partial charge >= 0.3 is 0 Å². The maximum atomic E-state index is 4.13. The molecule has 2 N–H and O–H groups in total. The molecule has 1 aromatic carbocycles. The van der Waals surface area contributed by atoms with Crippen molar-refractivity contribution in [1.82, 2.24) is 15.0 Å². The van der Waals surface area contributed by atoms with Crippen LogP contribution in [0.2, 0.25) is 0 Å². The molecule has 0 fully saturated rings. The van der Waals surface area contributed by atoms with Gasteiger partial charge in [-0.1, -0.05) is 18.2 Å². The zero-order valence-electron chi connectivity index (χ0n) is 9.93. The molecule has 3 rings (SSSR count). The largest absolute Gasteiger partial charge is 0.370 e. The van der Waals surface area contributed by atoms with E-state index >= 15 is 0 Å². The highest BCUT2D eigenvalue weighted by Gasteiger charge is 2.01. The third-order valence-corrected chi connectivity index (χ3v) is 2.96. The van der Waals surface area contributed by atoms with Gasteiger partial charge in [-0.05, 0) is 29.5 Å². The Bertz CT molecular complexity index is 630. The SMILES string of the molecule is c1cc(CCNc2ccncn2)c2[nH]ccc2c1. The molecule has 0 aliphatic rings. The Hall–Kier alpha value is -2.36. The lowest BCUT2D eigenvalue weighted by Gasteiger charge is -2.06. The van der Waals surface area contributed by atoms with Crippen molar-refractivity contribution < 1.29 is 0 Å². The van der Waals surface area contributed by atoms with E-state index in [0.29, 0.717) is 0 Å². The number of hydrogen-bond donors (Lipinski definition) is 2. The summed E-state index contributed by atoms with van der Waals surface area (Å²) >= 11 is 0. The maximum Gasteiger partial charge on any atom is 0.129 e. The standard InChI is InChI=1S/C14H14N4/c1-2-11(14-12(3-1)5-9-17-14)4-8-16-13-6-7-15-10-18-13/h1-3,5-7,9-10,17H,4,8H2,(H,15,16,18). The molecule has 0 radical (unpaired) electrons. The topological polar surface area (TPSA) is 53.6 Å². The Morgan fingerprint density at radius 1 is 1.17 bits per heavy atom. The Balaban J connectivity index is 1.68. The summed E-state index contributed by atoms with van der Waals surface area (Å²) in [6, 6.07) is 10.3. The van der Waals surface area contributed by atoms with E-state index in [-0.39, 0.29) is 0 Å². The Labute approximate surface area is 105 Å². The lowest BCUT2D eigenvalue weighted by molar-refractivity contribution is 1.00. The van der Waals surface area contributed by atoms with Gasteiger partial charge < -0.3 is 10.3 Å². The fraction of sp³-hybridized carbons (Fsp3) is 0.143. The maximum absolute atomic E-state index is 4.13. The quantitative estimate of drug-likeness (QED) is 0.734. The number of anilines is 1. The number of H-pyrrole nitrogens is 1. The third-order valence-electron chi connectivity index (χ3n) is 2.96. The lowest BCUT2D eigenvalue weighted by atomic mass is 10.1. The molecule has 0 spiro atoms. The summed E-state index contributed by atoms with van der Waals surface area (Å²) in [5, 5.41) is 4.54. The molecule has 0 bridgehead atoms. The minimum Gasteiger partial charge on any atom is -0.370 e. The number of aromatic amines is 1. The first-order valence-electron chi connectivity index (χ1n) is 5.98. The fourth-order valence-electron chi connectivity index (χ4n) is 2.08. The Kier molecular flexibility index (Phi) is 2.92. The Morgan fingerprint density at radius 2 is 2.17 bits per heavy atom. The molecule has 4 nitrogen and oxygen atoms in total. The van der Waals surface area contributed by atoms with Crippen molar-refractivity contribution in [3.8, 4) is 0 Å². The summed E-state index contributed by atoms with van der Waals surface area (Å²) in [6.07, 6.45) is 6.23. The van der Waals surface area contributed by atoms with Gasteiger partial charge in [0.2, 0.25) is 0 Å². The number of nitrogens with one attached hydrogen (secondary N) is 2. The van der Waals surface area contributed by atoms with Crippen LogP contribution >= 0.6 is 0 Å². The number of aromatic nitrogens is 3. The molecule has 0 atom stereocenters. The van der Waals surface area contributed by atoms with Crippen molar-refractivity contribution in [2.75, 3.05) is 11.9 Å². The van der Waals surface area contributed by atoms with Gasteiger partial charge in [-0.3, -0.25) is 0 Å². The number of rotatable bonds is 4. The van der Waals surface area contributed by atoms with E-state index in [2.05, 4.69) is 44.5 Å². The second-order valence-electron chi connectivity index (χ2n) is 4.13. The van der Waals surface area contributed by atoms with Crippen LogP contribution in [0.15, 0.2) is 49.1 Å². The van der Waals surface area contributed by atoms with Crippen LogP contribution in [0.4, 0.5) is 5.82 Å². The minimum atomic E-state index is 0.856. The van der Waals surface area contributed by atoms with Gasteiger partial charge in [0.25, 0.3) is 0 Å². The summed E-state index contributed by atoms with van der Waals surface area (Å²) in [6.45, 7) is 0.856. The van der Waals surface area contributed by atoms with Gasteiger partial charge in [0.05, 0.1) is 0 Å². The third kappa shape index (κ3) is 2.18. The van der Waals surface area contributed by atoms with Gasteiger partial charge in [0.15, 0.2) is 0 Å². The fourth-order valence-corrected chi connectivity index (χ4v) is 2.08. The van der Waals surface area contributed by atoms with E-state index in [1.165, 1.54) is 16.5 Å². The van der Waals surface area contributed by atoms with Crippen LogP contribution in [0.25, 0.3) is 10.9 Å². The highest BCUT2D eigenvalue weighted by molar-refractivity contribution is 5.82. The predicted octanol–water partition coefficient (Wildman–Crippen LogP) is 2.61. The van der Waals surface area contributed by atoms with Gasteiger partial charge in [0, 0.05) is 24.5 Å². The van der Waals surface area contributed by atoms with Crippen molar-refractivity contribution in [3.63, 3.8) is 0 Å². The van der Waals surface area contributed by atoms with Crippen LogP contribution in [0, 0.1) is 0 Å². The molecule has 2 aromatic heterocycles. The molecule has 4 heteroatoms. The first-order valence-corrected chi connectivity index (χ1v) is 5.98. The molecule has 0 aliphatic heterocycles. The predicted molar refractivity (Wildman–Crippen MR) is 72.5 cm³/mol. The number of fused-ring (bicyclic) bond motifs is 1. The molecular formula is C14H14N4. The van der Waals surface area contributed by atoms with Crippen LogP contribution in [0.1, 0.15) is 5.56 Å². The van der Waals surface area contributed by atoms with E-state index in [9.17, 15) is 0 Å². The second kappa shape index (κ2) is 4.87. The van der Waals surface area contributed by atoms with Gasteiger partial charge in [-0.25, -0.2) is 9.97 Å². The van der Waals surface area contributed by atoms with E-state index in [4.69, 9.17) is 0 Å². The van der Waals surface area contributed by atoms with Crippen molar-refractivity contribution in [2.24, 2.45) is 0 Å². The highest BCUT2D eigenvalue weighted by atomic mass is 15.0. The molecule has 3 aromatic rings. The average molecular weight is 238 g/mol. The summed E-state index contributed by atoms with van der Waals surface area (Å²) in [4.78, 5) is 11.3. The first-order chi connectivity index (χ1) is 8.93. The zero-order chi connectivity index (χ0) is 12.2. The van der Waals surface area contributed by atoms with E-state index in [1.807, 2.05) is 12.3 Å². The van der Waals surface area contributed by atoms with Gasteiger partial charge in [-0.2, -0.15) is 0 Å². The minimum absolute atomic E-state index is 0.856. The van der Waals surface area contributed by atoms with E-state index < -0.39 is 0 Å². The molecule has 0 unspecified atom stereocenters. The van der Waals surface area contributed by atoms with Crippen LogP contribution in [0.5, 0.6) is 0 Å². The number of benzene rings is 1. The van der Waals surface area contributed by atoms with Crippen LogP contribution in [-0.2, 0) is 6.42 Å². The van der Waals surface area contributed by atoms with E-state index in [1.54, 1.807) is 12.5 Å². The van der Waals surface area contributed by atoms with Gasteiger partial charge in [0.1, 0.15) is 12.1 Å². The first kappa shape index (κ1) is 10.8. The van der Waals surface area contributed by atoms with Crippen LogP contribution < -0.4 is 5.32 Å². The molecule has 0 aliphatic carbocycles. The summed E-state index contributed by atoms with van der Waals surface area (Å²) in [5.41, 5.74) is 2.54. The summed E-state index contributed by atoms with van der Waals surface area (Å²) in [7, 11) is 0. The molecule has 2 heterocycles. The molecule has 0 amide bonds. The van der Waals surface area contributed by atoms with Gasteiger partial charge in [-0.15, -0.1) is 0 Å². The lowest BCUT2D eigenvalue weighted by Crippen LogP contribution is -2.06. The Morgan fingerprint density at radius 3 is 3.06 bits per heavy atom. The second-order valence-corrected chi connectivity index (χ2v) is 4.13. The van der Waals surface area contributed by atoms with Crippen molar-refractivity contribution in [1.29, 1.82) is 0 Å². The van der Waals surface area contributed by atoms with Crippen LogP contribution in [0.3, 0.4) is 0 Å². The summed E-state index contributed by atoms with van der Waals surface area (Å²) < 4.78 is 0. The number of para-hydroxylation sites is 1. The molecular weight excluding hydrogens is 224 g/mol. The summed E-state index contributed by atoms with van der Waals surface area (Å²) in [5.74, 6) is 0.865. The highest BCUT2D eigenvalue weighted by Crippen LogP contribution is 2.17. The number of hydrogen-bond acceptors (Lipinski definition) is 3. The van der Waals surface area contributed by atoms with Crippen molar-refractivity contribution in [3.05, 3.63) is 54.6 Å². The normalized spacial score (nSPS) is 10.7. The average Bonchev–Trinajstić information content (AvgIpc) is 2.89. The number of nitrogens with zero attached hydrogens (tertiary/aromatic N) is 2. The van der Waals surface area contributed by atoms with E-state index in [0.717, 1.165) is 18.8 Å². The van der Waals surface area contributed by atoms with Crippen molar-refractivity contribution >= 4 is 16.7 Å². The molecule has 0 saturated heterocycles. The molecule has 0 saturated carbocycles. The monoisotopic (exact) mass is 238 g/mol. The molecule has 90 valence electrons.